The Morgan fingerprint density at radius 1 is 1.38 bits per heavy atom. The maximum Gasteiger partial charge on any atom is 0.233 e. The minimum atomic E-state index is -3.36. The lowest BCUT2D eigenvalue weighted by Gasteiger charge is -2.18. The number of sulfonamides is 1. The number of benzene rings is 1. The molecule has 6 nitrogen and oxygen atoms in total. The lowest BCUT2D eigenvalue weighted by atomic mass is 9.94. The van der Waals surface area contributed by atoms with Crippen molar-refractivity contribution in [1.82, 2.24) is 0 Å². The van der Waals surface area contributed by atoms with E-state index < -0.39 is 15.4 Å². The number of carbonyl (C=O) groups excluding carboxylic acids is 1. The van der Waals surface area contributed by atoms with Crippen LogP contribution in [0.3, 0.4) is 0 Å². The van der Waals surface area contributed by atoms with Crippen molar-refractivity contribution in [1.29, 1.82) is 0 Å². The fourth-order valence-corrected chi connectivity index (χ4v) is 3.06. The average molecular weight is 312 g/mol. The second-order valence-electron chi connectivity index (χ2n) is 5.76. The Labute approximate surface area is 124 Å². The SMILES string of the molecule is CCCS(=O)(=O)Nc1ccc2c(c1)NC(=O)C(C)(C)CO2. The van der Waals surface area contributed by atoms with Crippen LogP contribution >= 0.6 is 0 Å². The molecule has 1 heterocycles. The second-order valence-corrected chi connectivity index (χ2v) is 7.60. The van der Waals surface area contributed by atoms with Gasteiger partial charge in [0, 0.05) is 0 Å². The molecule has 2 rings (SSSR count). The molecule has 1 aliphatic heterocycles. The molecule has 7 heteroatoms. The molecule has 0 saturated heterocycles. The van der Waals surface area contributed by atoms with E-state index in [2.05, 4.69) is 10.0 Å². The van der Waals surface area contributed by atoms with Crippen LogP contribution < -0.4 is 14.8 Å². The molecule has 0 aromatic heterocycles. The monoisotopic (exact) mass is 312 g/mol. The zero-order chi connectivity index (χ0) is 15.7. The topological polar surface area (TPSA) is 84.5 Å². The van der Waals surface area contributed by atoms with Crippen LogP contribution in [-0.4, -0.2) is 26.7 Å². The van der Waals surface area contributed by atoms with Gasteiger partial charge in [-0.1, -0.05) is 6.92 Å². The zero-order valence-electron chi connectivity index (χ0n) is 12.4. The van der Waals surface area contributed by atoms with Crippen LogP contribution in [0.4, 0.5) is 11.4 Å². The van der Waals surface area contributed by atoms with E-state index in [0.29, 0.717) is 23.5 Å². The van der Waals surface area contributed by atoms with Gasteiger partial charge in [-0.25, -0.2) is 8.42 Å². The Kier molecular flexibility index (Phi) is 4.13. The van der Waals surface area contributed by atoms with E-state index in [9.17, 15) is 13.2 Å². The highest BCUT2D eigenvalue weighted by Gasteiger charge is 2.32. The predicted molar refractivity (Wildman–Crippen MR) is 82.0 cm³/mol. The van der Waals surface area contributed by atoms with E-state index in [-0.39, 0.29) is 18.3 Å². The third-order valence-electron chi connectivity index (χ3n) is 3.18. The number of amides is 1. The van der Waals surface area contributed by atoms with Gasteiger partial charge in [-0.3, -0.25) is 9.52 Å². The Morgan fingerprint density at radius 3 is 2.76 bits per heavy atom. The summed E-state index contributed by atoms with van der Waals surface area (Å²) in [5.41, 5.74) is 0.244. The molecule has 0 bridgehead atoms. The number of nitrogens with one attached hydrogen (secondary N) is 2. The van der Waals surface area contributed by atoms with Gasteiger partial charge in [-0.15, -0.1) is 0 Å². The van der Waals surface area contributed by atoms with Crippen LogP contribution in [0, 0.1) is 5.41 Å². The summed E-state index contributed by atoms with van der Waals surface area (Å²) in [6, 6.07) is 4.85. The van der Waals surface area contributed by atoms with Crippen molar-refractivity contribution in [2.24, 2.45) is 5.41 Å². The Hall–Kier alpha value is -1.76. The van der Waals surface area contributed by atoms with Crippen molar-refractivity contribution in [3.05, 3.63) is 18.2 Å². The highest BCUT2D eigenvalue weighted by Crippen LogP contribution is 2.34. The van der Waals surface area contributed by atoms with E-state index in [1.54, 1.807) is 39.0 Å². The minimum absolute atomic E-state index is 0.0555. The molecule has 1 aromatic rings. The fourth-order valence-electron chi connectivity index (χ4n) is 1.93. The van der Waals surface area contributed by atoms with Crippen molar-refractivity contribution < 1.29 is 17.9 Å². The first-order chi connectivity index (χ1) is 9.73. The molecule has 0 unspecified atom stereocenters. The third-order valence-corrected chi connectivity index (χ3v) is 4.67. The molecule has 1 amide bonds. The molecule has 1 aliphatic rings. The highest BCUT2D eigenvalue weighted by molar-refractivity contribution is 7.92. The zero-order valence-corrected chi connectivity index (χ0v) is 13.2. The predicted octanol–water partition coefficient (Wildman–Crippen LogP) is 2.20. The normalized spacial score (nSPS) is 17.2. The van der Waals surface area contributed by atoms with Crippen molar-refractivity contribution in [2.75, 3.05) is 22.4 Å². The summed E-state index contributed by atoms with van der Waals surface area (Å²) in [4.78, 5) is 12.1. The molecule has 2 N–H and O–H groups in total. The molecule has 0 aliphatic carbocycles. The largest absolute Gasteiger partial charge is 0.490 e. The number of rotatable bonds is 4. The number of hydrogen-bond donors (Lipinski definition) is 2. The van der Waals surface area contributed by atoms with Crippen LogP contribution in [0.25, 0.3) is 0 Å². The lowest BCUT2D eigenvalue weighted by Crippen LogP contribution is -2.33. The second kappa shape index (κ2) is 5.55. The lowest BCUT2D eigenvalue weighted by molar-refractivity contribution is -0.124. The first-order valence-electron chi connectivity index (χ1n) is 6.82. The van der Waals surface area contributed by atoms with Crippen molar-refractivity contribution in [3.63, 3.8) is 0 Å². The fraction of sp³-hybridized carbons (Fsp3) is 0.500. The van der Waals surface area contributed by atoms with Gasteiger partial charge in [0.05, 0.1) is 22.5 Å². The summed E-state index contributed by atoms with van der Waals surface area (Å²) in [7, 11) is -3.36. The van der Waals surface area contributed by atoms with Gasteiger partial charge in [0.1, 0.15) is 12.4 Å². The molecule has 0 spiro atoms. The van der Waals surface area contributed by atoms with Gasteiger partial charge >= 0.3 is 0 Å². The smallest absolute Gasteiger partial charge is 0.233 e. The van der Waals surface area contributed by atoms with Crippen LogP contribution in [0.15, 0.2) is 18.2 Å². The van der Waals surface area contributed by atoms with Gasteiger partial charge in [0.15, 0.2) is 0 Å². The van der Waals surface area contributed by atoms with Crippen LogP contribution in [-0.2, 0) is 14.8 Å². The van der Waals surface area contributed by atoms with Crippen molar-refractivity contribution in [2.45, 2.75) is 27.2 Å². The maximum atomic E-state index is 12.1. The number of hydrogen-bond acceptors (Lipinski definition) is 4. The maximum absolute atomic E-state index is 12.1. The Balaban J connectivity index is 2.27. The van der Waals surface area contributed by atoms with Gasteiger partial charge in [-0.05, 0) is 38.5 Å². The van der Waals surface area contributed by atoms with Crippen LogP contribution in [0.2, 0.25) is 0 Å². The summed E-state index contributed by atoms with van der Waals surface area (Å²) < 4.78 is 31.6. The summed E-state index contributed by atoms with van der Waals surface area (Å²) in [6.45, 7) is 5.65. The molecule has 21 heavy (non-hydrogen) atoms. The third kappa shape index (κ3) is 3.66. The standard InChI is InChI=1S/C14H20N2O4S/c1-4-7-21(18,19)16-10-5-6-12-11(8-10)15-13(17)14(2,3)9-20-12/h5-6,8,16H,4,7,9H2,1-3H3,(H,15,17). The van der Waals surface area contributed by atoms with E-state index >= 15 is 0 Å². The number of anilines is 2. The highest BCUT2D eigenvalue weighted by atomic mass is 32.2. The van der Waals surface area contributed by atoms with Gasteiger partial charge in [0.25, 0.3) is 0 Å². The quantitative estimate of drug-likeness (QED) is 0.892. The summed E-state index contributed by atoms with van der Waals surface area (Å²) >= 11 is 0. The van der Waals surface area contributed by atoms with E-state index in [0.717, 1.165) is 0 Å². The van der Waals surface area contributed by atoms with Crippen LogP contribution in [0.1, 0.15) is 27.2 Å². The van der Waals surface area contributed by atoms with Gasteiger partial charge in [0.2, 0.25) is 15.9 Å². The van der Waals surface area contributed by atoms with E-state index in [1.807, 2.05) is 0 Å². The number of carbonyl (C=O) groups is 1. The first kappa shape index (κ1) is 15.6. The Bertz CT molecular complexity index is 653. The number of fused-ring (bicyclic) bond motifs is 1. The summed E-state index contributed by atoms with van der Waals surface area (Å²) in [6.07, 6.45) is 0.536. The van der Waals surface area contributed by atoms with E-state index in [4.69, 9.17) is 4.74 Å². The van der Waals surface area contributed by atoms with Crippen LogP contribution in [0.5, 0.6) is 5.75 Å². The first-order valence-corrected chi connectivity index (χ1v) is 8.47. The average Bonchev–Trinajstić information content (AvgIpc) is 2.46. The summed E-state index contributed by atoms with van der Waals surface area (Å²) in [5, 5.41) is 2.77. The van der Waals surface area contributed by atoms with Gasteiger partial charge in [-0.2, -0.15) is 0 Å². The van der Waals surface area contributed by atoms with E-state index in [1.165, 1.54) is 0 Å². The number of ether oxygens (including phenoxy) is 1. The summed E-state index contributed by atoms with van der Waals surface area (Å²) in [5.74, 6) is 0.433. The molecule has 116 valence electrons. The molecule has 1 aromatic carbocycles. The Morgan fingerprint density at radius 2 is 2.10 bits per heavy atom. The molecule has 0 atom stereocenters. The minimum Gasteiger partial charge on any atom is -0.490 e. The molecular weight excluding hydrogens is 292 g/mol. The van der Waals surface area contributed by atoms with Crippen molar-refractivity contribution >= 4 is 27.3 Å². The molecule has 0 fully saturated rings. The molecular formula is C14H20N2O4S. The van der Waals surface area contributed by atoms with Gasteiger partial charge < -0.3 is 10.1 Å². The molecule has 0 radical (unpaired) electrons. The van der Waals surface area contributed by atoms with Crippen molar-refractivity contribution in [3.8, 4) is 5.75 Å². The molecule has 0 saturated carbocycles.